The highest BCUT2D eigenvalue weighted by molar-refractivity contribution is 7.64. The van der Waals surface area contributed by atoms with E-state index in [9.17, 15) is 4.57 Å². The fraction of sp³-hybridized carbons (Fsp3) is 0.500. The van der Waals surface area contributed by atoms with E-state index in [1.807, 2.05) is 12.1 Å². The molecule has 0 atom stereocenters. The minimum absolute atomic E-state index is 0.310. The average Bonchev–Trinajstić information content (AvgIpc) is 2.36. The predicted molar refractivity (Wildman–Crippen MR) is 88.8 cm³/mol. The number of rotatable bonds is 8. The fourth-order valence-corrected chi connectivity index (χ4v) is 5.02. The quantitative estimate of drug-likeness (QED) is 0.373. The Balaban J connectivity index is 3.06. The zero-order valence-corrected chi connectivity index (χ0v) is 15.6. The minimum atomic E-state index is -3.31. The van der Waals surface area contributed by atoms with Gasteiger partial charge in [-0.05, 0) is 37.9 Å². The third-order valence-electron chi connectivity index (χ3n) is 2.56. The predicted octanol–water partition coefficient (Wildman–Crippen LogP) is 4.78. The van der Waals surface area contributed by atoms with E-state index in [1.165, 1.54) is 0 Å². The smallest absolute Gasteiger partial charge is 0.305 e. The third-order valence-corrected chi connectivity index (χ3v) is 7.30. The first-order valence-electron chi connectivity index (χ1n) is 6.36. The molecule has 0 radical (unpaired) electrons. The first-order valence-corrected chi connectivity index (χ1v) is 13.1. The van der Waals surface area contributed by atoms with Crippen LogP contribution in [0.1, 0.15) is 19.4 Å². The van der Waals surface area contributed by atoms with Crippen molar-refractivity contribution in [2.24, 2.45) is 0 Å². The lowest BCUT2D eigenvalue weighted by atomic mass is 10.2. The zero-order chi connectivity index (χ0) is 15.2. The van der Waals surface area contributed by atoms with Gasteiger partial charge in [0.1, 0.15) is 0 Å². The molecule has 0 fully saturated rings. The monoisotopic (exact) mass is 374 g/mol. The molecular formula is C12H18Cl3O3PSi. The van der Waals surface area contributed by atoms with Crippen molar-refractivity contribution in [1.29, 1.82) is 0 Å². The van der Waals surface area contributed by atoms with Gasteiger partial charge in [-0.3, -0.25) is 4.57 Å². The molecule has 0 aliphatic heterocycles. The molecule has 3 nitrogen and oxygen atoms in total. The Morgan fingerprint density at radius 1 is 1.10 bits per heavy atom. The lowest BCUT2D eigenvalue weighted by Gasteiger charge is -2.20. The van der Waals surface area contributed by atoms with Crippen LogP contribution < -0.4 is 5.30 Å². The van der Waals surface area contributed by atoms with Crippen molar-refractivity contribution < 1.29 is 13.6 Å². The molecule has 0 aromatic heterocycles. The Hall–Kier alpha value is 0.457. The summed E-state index contributed by atoms with van der Waals surface area (Å²) in [5, 5.41) is 0.562. The lowest BCUT2D eigenvalue weighted by molar-refractivity contribution is 0.229. The Kier molecular flexibility index (Phi) is 7.57. The summed E-state index contributed by atoms with van der Waals surface area (Å²) in [5.74, 6) is 0. The number of benzene rings is 1. The normalized spacial score (nSPS) is 12.7. The minimum Gasteiger partial charge on any atom is -0.305 e. The van der Waals surface area contributed by atoms with Crippen molar-refractivity contribution in [3.05, 3.63) is 29.8 Å². The maximum absolute atomic E-state index is 12.8. The van der Waals surface area contributed by atoms with Crippen LogP contribution in [0.15, 0.2) is 24.3 Å². The molecule has 1 aromatic rings. The summed E-state index contributed by atoms with van der Waals surface area (Å²) >= 11 is 17.7. The maximum atomic E-state index is 12.8. The standard InChI is InChI=1S/C12H18Cl3O3PSi/c1-3-17-19(16,18-4-2)12-8-6-5-7-11(12)9-10-20(13,14)15/h5-8H,3-4,9-10H2,1-2H3. The van der Waals surface area contributed by atoms with Gasteiger partial charge in [-0.15, -0.1) is 33.2 Å². The molecule has 0 spiro atoms. The summed E-state index contributed by atoms with van der Waals surface area (Å²) in [7, 11) is -3.31. The van der Waals surface area contributed by atoms with Gasteiger partial charge in [-0.2, -0.15) is 0 Å². The number of hydrogen-bond donors (Lipinski definition) is 0. The van der Waals surface area contributed by atoms with Crippen LogP contribution in [0.25, 0.3) is 0 Å². The zero-order valence-electron chi connectivity index (χ0n) is 11.4. The van der Waals surface area contributed by atoms with Crippen LogP contribution in [0, 0.1) is 0 Å². The van der Waals surface area contributed by atoms with Crippen molar-refractivity contribution in [3.63, 3.8) is 0 Å². The van der Waals surface area contributed by atoms with E-state index in [2.05, 4.69) is 0 Å². The second-order valence-corrected chi connectivity index (χ2v) is 15.3. The Labute approximate surface area is 135 Å². The molecular weight excluding hydrogens is 358 g/mol. The van der Waals surface area contributed by atoms with Crippen LogP contribution in [0.5, 0.6) is 0 Å². The number of hydrogen-bond acceptors (Lipinski definition) is 3. The Bertz CT molecular complexity index is 469. The fourth-order valence-electron chi connectivity index (χ4n) is 1.78. The van der Waals surface area contributed by atoms with Crippen molar-refractivity contribution in [1.82, 2.24) is 0 Å². The Morgan fingerprint density at radius 3 is 2.15 bits per heavy atom. The first kappa shape index (κ1) is 18.5. The van der Waals surface area contributed by atoms with Gasteiger partial charge in [0.25, 0.3) is 0 Å². The van der Waals surface area contributed by atoms with E-state index in [0.29, 0.717) is 31.0 Å². The molecule has 0 saturated heterocycles. The number of aryl methyl sites for hydroxylation is 1. The van der Waals surface area contributed by atoms with Crippen molar-refractivity contribution in [2.75, 3.05) is 13.2 Å². The summed E-state index contributed by atoms with van der Waals surface area (Å²) in [5.41, 5.74) is 0.844. The van der Waals surface area contributed by atoms with Gasteiger partial charge in [0, 0.05) is 0 Å². The van der Waals surface area contributed by atoms with Crippen LogP contribution in [-0.2, 0) is 20.0 Å². The second-order valence-electron chi connectivity index (χ2n) is 4.08. The van der Waals surface area contributed by atoms with Crippen LogP contribution in [0.3, 0.4) is 0 Å². The van der Waals surface area contributed by atoms with Crippen LogP contribution in [-0.4, -0.2) is 19.2 Å². The third kappa shape index (κ3) is 5.68. The summed E-state index contributed by atoms with van der Waals surface area (Å²) < 4.78 is 23.6. The van der Waals surface area contributed by atoms with E-state index < -0.39 is 13.6 Å². The molecule has 0 N–H and O–H groups in total. The van der Waals surface area contributed by atoms with Crippen molar-refractivity contribution in [2.45, 2.75) is 26.3 Å². The van der Waals surface area contributed by atoms with Gasteiger partial charge in [0.05, 0.1) is 18.5 Å². The number of halogens is 3. The summed E-state index contributed by atoms with van der Waals surface area (Å²) in [4.78, 5) is 0. The van der Waals surface area contributed by atoms with Gasteiger partial charge >= 0.3 is 13.6 Å². The van der Waals surface area contributed by atoms with E-state index >= 15 is 0 Å². The van der Waals surface area contributed by atoms with Crippen LogP contribution >= 0.6 is 40.8 Å². The van der Waals surface area contributed by atoms with Gasteiger partial charge in [0.15, 0.2) is 0 Å². The summed E-state index contributed by atoms with van der Waals surface area (Å²) in [6.07, 6.45) is 0.545. The molecule has 114 valence electrons. The lowest BCUT2D eigenvalue weighted by Crippen LogP contribution is -2.18. The maximum Gasteiger partial charge on any atom is 0.361 e. The van der Waals surface area contributed by atoms with Gasteiger partial charge in [0.2, 0.25) is 0 Å². The molecule has 8 heteroatoms. The van der Waals surface area contributed by atoms with E-state index in [4.69, 9.17) is 42.3 Å². The molecule has 0 aliphatic rings. The Morgan fingerprint density at radius 2 is 1.65 bits per heavy atom. The van der Waals surface area contributed by atoms with E-state index in [0.717, 1.165) is 5.56 Å². The topological polar surface area (TPSA) is 35.5 Å². The molecule has 20 heavy (non-hydrogen) atoms. The van der Waals surface area contributed by atoms with E-state index in [-0.39, 0.29) is 0 Å². The largest absolute Gasteiger partial charge is 0.361 e. The van der Waals surface area contributed by atoms with Crippen molar-refractivity contribution >= 4 is 52.1 Å². The summed E-state index contributed by atoms with van der Waals surface area (Å²) in [6, 6.07) is 5.03. The molecule has 0 aliphatic carbocycles. The average molecular weight is 376 g/mol. The molecule has 0 unspecified atom stereocenters. The molecule has 0 heterocycles. The second kappa shape index (κ2) is 8.18. The SMILES string of the molecule is CCOP(=O)(OCC)c1ccccc1CC[Si](Cl)(Cl)Cl. The first-order chi connectivity index (χ1) is 9.32. The van der Waals surface area contributed by atoms with Crippen LogP contribution in [0.4, 0.5) is 0 Å². The molecule has 1 rings (SSSR count). The van der Waals surface area contributed by atoms with Gasteiger partial charge in [-0.25, -0.2) is 0 Å². The molecule has 0 bridgehead atoms. The van der Waals surface area contributed by atoms with Gasteiger partial charge < -0.3 is 9.05 Å². The molecule has 0 amide bonds. The molecule has 1 aromatic carbocycles. The summed E-state index contributed by atoms with van der Waals surface area (Å²) in [6.45, 7) is 4.18. The highest BCUT2D eigenvalue weighted by Crippen LogP contribution is 2.48. The molecule has 0 saturated carbocycles. The van der Waals surface area contributed by atoms with E-state index in [1.54, 1.807) is 26.0 Å². The van der Waals surface area contributed by atoms with Crippen molar-refractivity contribution in [3.8, 4) is 0 Å². The van der Waals surface area contributed by atoms with Gasteiger partial charge in [-0.1, -0.05) is 18.2 Å². The highest BCUT2D eigenvalue weighted by atomic mass is 35.8. The van der Waals surface area contributed by atoms with Crippen LogP contribution in [0.2, 0.25) is 6.04 Å². The highest BCUT2D eigenvalue weighted by Gasteiger charge is 2.31.